The Morgan fingerprint density at radius 1 is 0.730 bits per heavy atom. The monoisotopic (exact) mass is 484 g/mol. The van der Waals surface area contributed by atoms with Gasteiger partial charge in [-0.1, -0.05) is 88.4 Å². The van der Waals surface area contributed by atoms with E-state index in [0.717, 1.165) is 25.7 Å². The van der Waals surface area contributed by atoms with Gasteiger partial charge in [0.05, 0.1) is 16.7 Å². The third-order valence-electron chi connectivity index (χ3n) is 8.04. The standard InChI is InChI=1S/C33H30N2.C2H6/c1-33(2)27-18-10-12-20-30(27)35(24-15-7-4-8-16-24)32-21-26-25-17-9-11-19-29(25)34(31(26)22-28(32)33)23-13-5-3-6-14-23;1-2/h3,5-7,9-11,13-19,21-22H,4,8,12,20H2,1-2H3;1-2H3. The summed E-state index contributed by atoms with van der Waals surface area (Å²) in [6.45, 7) is 8.81. The highest BCUT2D eigenvalue weighted by atomic mass is 15.2. The third kappa shape index (κ3) is 3.62. The average Bonchev–Trinajstić information content (AvgIpc) is 3.28. The number of nitrogens with zero attached hydrogens (tertiary/aromatic N) is 2. The van der Waals surface area contributed by atoms with Crippen LogP contribution in [-0.4, -0.2) is 4.57 Å². The Hall–Kier alpha value is -3.78. The molecule has 0 N–H and O–H groups in total. The molecule has 2 nitrogen and oxygen atoms in total. The number of benzene rings is 3. The topological polar surface area (TPSA) is 8.17 Å². The summed E-state index contributed by atoms with van der Waals surface area (Å²) in [6.07, 6.45) is 16.2. The first kappa shape index (κ1) is 23.6. The molecule has 2 aliphatic carbocycles. The fraction of sp³-hybridized carbons (Fsp3) is 0.257. The predicted molar refractivity (Wildman–Crippen MR) is 159 cm³/mol. The van der Waals surface area contributed by atoms with E-state index in [2.05, 4.69) is 120 Å². The van der Waals surface area contributed by atoms with Crippen LogP contribution in [0.15, 0.2) is 114 Å². The predicted octanol–water partition coefficient (Wildman–Crippen LogP) is 9.75. The van der Waals surface area contributed by atoms with E-state index in [-0.39, 0.29) is 5.41 Å². The second kappa shape index (κ2) is 9.27. The second-order valence-electron chi connectivity index (χ2n) is 10.4. The lowest BCUT2D eigenvalue weighted by atomic mass is 9.71. The smallest absolute Gasteiger partial charge is 0.0545 e. The Morgan fingerprint density at radius 2 is 1.49 bits per heavy atom. The molecule has 0 amide bonds. The lowest BCUT2D eigenvalue weighted by Gasteiger charge is -2.45. The van der Waals surface area contributed by atoms with Crippen molar-refractivity contribution >= 4 is 27.5 Å². The van der Waals surface area contributed by atoms with E-state index in [4.69, 9.17) is 0 Å². The second-order valence-corrected chi connectivity index (χ2v) is 10.4. The first-order chi connectivity index (χ1) is 18.1. The number of fused-ring (bicyclic) bond motifs is 4. The zero-order valence-electron chi connectivity index (χ0n) is 22.5. The zero-order valence-corrected chi connectivity index (χ0v) is 22.5. The minimum atomic E-state index is -0.0663. The van der Waals surface area contributed by atoms with Gasteiger partial charge in [-0.2, -0.15) is 0 Å². The molecule has 0 fully saturated rings. The Morgan fingerprint density at radius 3 is 2.27 bits per heavy atom. The molecular weight excluding hydrogens is 448 g/mol. The van der Waals surface area contributed by atoms with E-state index in [9.17, 15) is 0 Å². The van der Waals surface area contributed by atoms with Crippen LogP contribution in [0.5, 0.6) is 0 Å². The van der Waals surface area contributed by atoms with E-state index in [1.807, 2.05) is 13.8 Å². The van der Waals surface area contributed by atoms with Crippen LogP contribution in [0.25, 0.3) is 27.5 Å². The van der Waals surface area contributed by atoms with Gasteiger partial charge in [-0.25, -0.2) is 0 Å². The van der Waals surface area contributed by atoms with Crippen LogP contribution in [0.2, 0.25) is 0 Å². The highest BCUT2D eigenvalue weighted by Gasteiger charge is 2.39. The van der Waals surface area contributed by atoms with Gasteiger partial charge in [-0.15, -0.1) is 0 Å². The molecule has 0 unspecified atom stereocenters. The zero-order chi connectivity index (χ0) is 25.6. The molecule has 0 bridgehead atoms. The van der Waals surface area contributed by atoms with Crippen molar-refractivity contribution in [1.29, 1.82) is 0 Å². The SMILES string of the molecule is CC.CC1(C)C2=C(CCC=C2)N(C2=CCCC=C2)c2cc3c4ccccc4n(-c4ccccc4)c3cc21. The summed E-state index contributed by atoms with van der Waals surface area (Å²) in [5.74, 6) is 0. The van der Waals surface area contributed by atoms with Crippen LogP contribution in [0, 0.1) is 0 Å². The molecule has 0 saturated carbocycles. The third-order valence-corrected chi connectivity index (χ3v) is 8.04. The number of aromatic nitrogens is 1. The summed E-state index contributed by atoms with van der Waals surface area (Å²) in [7, 11) is 0. The van der Waals surface area contributed by atoms with E-state index >= 15 is 0 Å². The Kier molecular flexibility index (Phi) is 5.91. The summed E-state index contributed by atoms with van der Waals surface area (Å²) in [6, 6.07) is 24.6. The Balaban J connectivity index is 0.00000123. The quantitative estimate of drug-likeness (QED) is 0.275. The van der Waals surface area contributed by atoms with Crippen LogP contribution in [0.3, 0.4) is 0 Å². The molecule has 186 valence electrons. The molecule has 0 radical (unpaired) electrons. The molecule has 3 aromatic carbocycles. The first-order valence-corrected chi connectivity index (χ1v) is 13.8. The first-order valence-electron chi connectivity index (χ1n) is 13.8. The van der Waals surface area contributed by atoms with E-state index in [0.29, 0.717) is 0 Å². The maximum atomic E-state index is 2.57. The van der Waals surface area contributed by atoms with Gasteiger partial charge in [0.2, 0.25) is 0 Å². The maximum absolute atomic E-state index is 2.57. The highest BCUT2D eigenvalue weighted by molar-refractivity contribution is 6.11. The Bertz CT molecular complexity index is 1610. The number of hydrogen-bond donors (Lipinski definition) is 0. The summed E-state index contributed by atoms with van der Waals surface area (Å²) in [4.78, 5) is 2.57. The number of para-hydroxylation sites is 2. The number of anilines is 1. The van der Waals surface area contributed by atoms with Crippen molar-refractivity contribution in [3.8, 4) is 5.69 Å². The van der Waals surface area contributed by atoms with Gasteiger partial charge in [0.15, 0.2) is 0 Å². The molecule has 0 saturated heterocycles. The molecule has 37 heavy (non-hydrogen) atoms. The molecule has 3 aliphatic rings. The van der Waals surface area contributed by atoms with Gasteiger partial charge in [-0.3, -0.25) is 0 Å². The fourth-order valence-corrected chi connectivity index (χ4v) is 6.35. The van der Waals surface area contributed by atoms with Crippen molar-refractivity contribution in [3.05, 3.63) is 120 Å². The molecular formula is C35H36N2. The van der Waals surface area contributed by atoms with Crippen molar-refractivity contribution in [2.24, 2.45) is 0 Å². The average molecular weight is 485 g/mol. The Labute approximate surface area is 220 Å². The van der Waals surface area contributed by atoms with Crippen molar-refractivity contribution in [1.82, 2.24) is 4.57 Å². The lowest BCUT2D eigenvalue weighted by molar-refractivity contribution is 0.601. The van der Waals surface area contributed by atoms with Crippen molar-refractivity contribution in [2.75, 3.05) is 4.90 Å². The molecule has 7 rings (SSSR count). The molecule has 1 aromatic heterocycles. The number of allylic oxidation sites excluding steroid dienone is 7. The van der Waals surface area contributed by atoms with Gasteiger partial charge in [0, 0.05) is 33.3 Å². The number of hydrogen-bond acceptors (Lipinski definition) is 1. The van der Waals surface area contributed by atoms with Gasteiger partial charge in [0.1, 0.15) is 0 Å². The van der Waals surface area contributed by atoms with Gasteiger partial charge in [0.25, 0.3) is 0 Å². The van der Waals surface area contributed by atoms with Crippen molar-refractivity contribution in [2.45, 2.75) is 58.8 Å². The highest BCUT2D eigenvalue weighted by Crippen LogP contribution is 2.51. The maximum Gasteiger partial charge on any atom is 0.0545 e. The van der Waals surface area contributed by atoms with Gasteiger partial charge >= 0.3 is 0 Å². The fourth-order valence-electron chi connectivity index (χ4n) is 6.35. The van der Waals surface area contributed by atoms with Crippen LogP contribution in [0.1, 0.15) is 58.9 Å². The van der Waals surface area contributed by atoms with Crippen molar-refractivity contribution in [3.63, 3.8) is 0 Å². The molecule has 0 spiro atoms. The van der Waals surface area contributed by atoms with Crippen LogP contribution >= 0.6 is 0 Å². The molecule has 2 heteroatoms. The minimum absolute atomic E-state index is 0.0663. The summed E-state index contributed by atoms with van der Waals surface area (Å²) < 4.78 is 2.44. The lowest BCUT2D eigenvalue weighted by Crippen LogP contribution is -2.36. The van der Waals surface area contributed by atoms with Crippen LogP contribution in [0.4, 0.5) is 5.69 Å². The summed E-state index contributed by atoms with van der Waals surface area (Å²) in [5.41, 5.74) is 10.7. The normalized spacial score (nSPS) is 17.8. The largest absolute Gasteiger partial charge is 0.314 e. The van der Waals surface area contributed by atoms with Gasteiger partial charge < -0.3 is 9.47 Å². The summed E-state index contributed by atoms with van der Waals surface area (Å²) >= 11 is 0. The minimum Gasteiger partial charge on any atom is -0.314 e. The van der Waals surface area contributed by atoms with Crippen LogP contribution in [-0.2, 0) is 5.41 Å². The molecule has 2 heterocycles. The summed E-state index contributed by atoms with van der Waals surface area (Å²) in [5, 5.41) is 2.63. The van der Waals surface area contributed by atoms with Crippen molar-refractivity contribution < 1.29 is 0 Å². The van der Waals surface area contributed by atoms with E-state index < -0.39 is 0 Å². The van der Waals surface area contributed by atoms with E-state index in [1.54, 1.807) is 0 Å². The molecule has 1 aliphatic heterocycles. The van der Waals surface area contributed by atoms with E-state index in [1.165, 1.54) is 55.7 Å². The number of rotatable bonds is 2. The van der Waals surface area contributed by atoms with Gasteiger partial charge in [-0.05, 0) is 73.2 Å². The van der Waals surface area contributed by atoms with Crippen LogP contribution < -0.4 is 4.90 Å². The molecule has 0 atom stereocenters. The molecule has 4 aromatic rings.